The van der Waals surface area contributed by atoms with Gasteiger partial charge in [0.05, 0.1) is 13.2 Å². The predicted molar refractivity (Wildman–Crippen MR) is 102 cm³/mol. The van der Waals surface area contributed by atoms with E-state index in [9.17, 15) is 0 Å². The van der Waals surface area contributed by atoms with E-state index >= 15 is 0 Å². The van der Waals surface area contributed by atoms with Crippen molar-refractivity contribution in [1.29, 1.82) is 0 Å². The van der Waals surface area contributed by atoms with E-state index in [1.54, 1.807) is 4.90 Å². The Morgan fingerprint density at radius 1 is 1.08 bits per heavy atom. The van der Waals surface area contributed by atoms with Crippen LogP contribution in [0.5, 0.6) is 5.75 Å². The first-order valence-electron chi connectivity index (χ1n) is 9.56. The summed E-state index contributed by atoms with van der Waals surface area (Å²) in [6, 6.07) is 6.41. The molecule has 2 rings (SSSR count). The lowest BCUT2D eigenvalue weighted by molar-refractivity contribution is -0.915. The Morgan fingerprint density at radius 3 is 2.40 bits per heavy atom. The molecule has 1 N–H and O–H groups in total. The standard InChI is InChI=1S/C21H35NO3/c1-16-7-8-20(19(13-16)21(4,5)6)24-12-11-23-10-9-22-14-17(2)25-18(3)15-22/h7-8,13,17-18H,9-12,14-15H2,1-6H3/p+1/t17-,18-/m1/s1. The van der Waals surface area contributed by atoms with Gasteiger partial charge in [-0.25, -0.2) is 0 Å². The summed E-state index contributed by atoms with van der Waals surface area (Å²) >= 11 is 0. The van der Waals surface area contributed by atoms with Gasteiger partial charge in [-0.15, -0.1) is 0 Å². The largest absolute Gasteiger partial charge is 0.491 e. The molecule has 0 radical (unpaired) electrons. The molecule has 0 aromatic heterocycles. The molecule has 4 nitrogen and oxygen atoms in total. The zero-order valence-electron chi connectivity index (χ0n) is 16.9. The third kappa shape index (κ3) is 6.61. The van der Waals surface area contributed by atoms with Crippen LogP contribution in [-0.2, 0) is 14.9 Å². The first-order valence-corrected chi connectivity index (χ1v) is 9.56. The van der Waals surface area contributed by atoms with Crippen LogP contribution in [0.25, 0.3) is 0 Å². The first kappa shape index (κ1) is 20.2. The molecule has 0 saturated carbocycles. The summed E-state index contributed by atoms with van der Waals surface area (Å²) in [7, 11) is 0. The number of benzene rings is 1. The number of nitrogens with one attached hydrogen (secondary N) is 1. The summed E-state index contributed by atoms with van der Waals surface area (Å²) in [5.74, 6) is 0.975. The Bertz CT molecular complexity index is 528. The second kappa shape index (κ2) is 9.02. The molecule has 1 aliphatic heterocycles. The Kier molecular flexibility index (Phi) is 7.29. The molecule has 0 aliphatic carbocycles. The topological polar surface area (TPSA) is 32.1 Å². The summed E-state index contributed by atoms with van der Waals surface area (Å²) in [6.45, 7) is 18.3. The molecule has 1 aromatic rings. The van der Waals surface area contributed by atoms with Gasteiger partial charge in [-0.3, -0.25) is 0 Å². The van der Waals surface area contributed by atoms with E-state index in [4.69, 9.17) is 14.2 Å². The quantitative estimate of drug-likeness (QED) is 0.767. The molecule has 1 heterocycles. The van der Waals surface area contributed by atoms with Crippen molar-refractivity contribution in [2.45, 2.75) is 59.2 Å². The summed E-state index contributed by atoms with van der Waals surface area (Å²) < 4.78 is 17.6. The van der Waals surface area contributed by atoms with Crippen molar-refractivity contribution in [3.05, 3.63) is 29.3 Å². The maximum atomic E-state index is 5.99. The second-order valence-electron chi connectivity index (χ2n) is 8.38. The van der Waals surface area contributed by atoms with Crippen LogP contribution in [0.3, 0.4) is 0 Å². The van der Waals surface area contributed by atoms with Crippen molar-refractivity contribution in [3.63, 3.8) is 0 Å². The maximum absolute atomic E-state index is 5.99. The molecule has 0 spiro atoms. The van der Waals surface area contributed by atoms with Crippen molar-refractivity contribution >= 4 is 0 Å². The second-order valence-corrected chi connectivity index (χ2v) is 8.38. The number of hydrogen-bond donors (Lipinski definition) is 1. The van der Waals surface area contributed by atoms with E-state index in [-0.39, 0.29) is 5.41 Å². The number of ether oxygens (including phenoxy) is 3. The summed E-state index contributed by atoms with van der Waals surface area (Å²) in [6.07, 6.45) is 0.693. The Hall–Kier alpha value is -1.10. The molecule has 1 saturated heterocycles. The molecule has 0 bridgehead atoms. The van der Waals surface area contributed by atoms with E-state index in [2.05, 4.69) is 59.7 Å². The summed E-state index contributed by atoms with van der Waals surface area (Å²) in [5, 5.41) is 0. The monoisotopic (exact) mass is 350 g/mol. The molecular formula is C21H36NO3+. The summed E-state index contributed by atoms with van der Waals surface area (Å²) in [5.41, 5.74) is 2.61. The minimum Gasteiger partial charge on any atom is -0.491 e. The molecule has 25 heavy (non-hydrogen) atoms. The summed E-state index contributed by atoms with van der Waals surface area (Å²) in [4.78, 5) is 1.57. The van der Waals surface area contributed by atoms with Crippen LogP contribution < -0.4 is 9.64 Å². The van der Waals surface area contributed by atoms with Crippen molar-refractivity contribution in [1.82, 2.24) is 0 Å². The SMILES string of the molecule is Cc1ccc(OCCOCC[NH+]2C[C@@H](C)O[C@H](C)C2)c(C(C)(C)C)c1. The third-order valence-corrected chi connectivity index (χ3v) is 4.65. The van der Waals surface area contributed by atoms with Gasteiger partial charge in [0.25, 0.3) is 0 Å². The molecule has 1 aromatic carbocycles. The Balaban J connectivity index is 1.70. The fourth-order valence-corrected chi connectivity index (χ4v) is 3.48. The van der Waals surface area contributed by atoms with Gasteiger partial charge in [-0.2, -0.15) is 0 Å². The smallest absolute Gasteiger partial charge is 0.123 e. The van der Waals surface area contributed by atoms with Gasteiger partial charge in [0.2, 0.25) is 0 Å². The third-order valence-electron chi connectivity index (χ3n) is 4.65. The van der Waals surface area contributed by atoms with Crippen molar-refractivity contribution < 1.29 is 19.1 Å². The number of hydrogen-bond acceptors (Lipinski definition) is 3. The van der Waals surface area contributed by atoms with Gasteiger partial charge >= 0.3 is 0 Å². The van der Waals surface area contributed by atoms with E-state index in [1.807, 2.05) is 0 Å². The van der Waals surface area contributed by atoms with Gasteiger partial charge in [0, 0.05) is 0 Å². The average Bonchev–Trinajstić information content (AvgIpc) is 2.50. The average molecular weight is 351 g/mol. The van der Waals surface area contributed by atoms with Gasteiger partial charge in [0.1, 0.15) is 44.2 Å². The van der Waals surface area contributed by atoms with E-state index in [0.717, 1.165) is 32.0 Å². The zero-order chi connectivity index (χ0) is 18.4. The van der Waals surface area contributed by atoms with Crippen LogP contribution in [-0.4, -0.2) is 51.7 Å². The van der Waals surface area contributed by atoms with Crippen LogP contribution in [0.2, 0.25) is 0 Å². The van der Waals surface area contributed by atoms with Gasteiger partial charge in [-0.1, -0.05) is 38.5 Å². The van der Waals surface area contributed by atoms with E-state index < -0.39 is 0 Å². The van der Waals surface area contributed by atoms with E-state index in [0.29, 0.717) is 25.4 Å². The highest BCUT2D eigenvalue weighted by atomic mass is 16.5. The molecule has 4 heteroatoms. The molecular weight excluding hydrogens is 314 g/mol. The fraction of sp³-hybridized carbons (Fsp3) is 0.714. The lowest BCUT2D eigenvalue weighted by Gasteiger charge is -2.32. The predicted octanol–water partition coefficient (Wildman–Crippen LogP) is 2.38. The van der Waals surface area contributed by atoms with Crippen LogP contribution in [0.1, 0.15) is 45.7 Å². The van der Waals surface area contributed by atoms with E-state index in [1.165, 1.54) is 11.1 Å². The van der Waals surface area contributed by atoms with Crippen LogP contribution in [0.4, 0.5) is 0 Å². The van der Waals surface area contributed by atoms with Crippen molar-refractivity contribution in [3.8, 4) is 5.75 Å². The lowest BCUT2D eigenvalue weighted by Crippen LogP contribution is -3.15. The molecule has 1 aliphatic rings. The maximum Gasteiger partial charge on any atom is 0.123 e. The zero-order valence-corrected chi connectivity index (χ0v) is 16.9. The van der Waals surface area contributed by atoms with Gasteiger partial charge < -0.3 is 19.1 Å². The minimum atomic E-state index is 0.0787. The molecule has 2 atom stereocenters. The van der Waals surface area contributed by atoms with Crippen LogP contribution in [0.15, 0.2) is 18.2 Å². The van der Waals surface area contributed by atoms with Gasteiger partial charge in [-0.05, 0) is 37.8 Å². The molecule has 1 fully saturated rings. The van der Waals surface area contributed by atoms with Crippen molar-refractivity contribution in [2.75, 3.05) is 39.5 Å². The van der Waals surface area contributed by atoms with Crippen LogP contribution in [0, 0.1) is 6.92 Å². The Morgan fingerprint density at radius 2 is 1.76 bits per heavy atom. The van der Waals surface area contributed by atoms with Gasteiger partial charge in [0.15, 0.2) is 0 Å². The fourth-order valence-electron chi connectivity index (χ4n) is 3.48. The first-order chi connectivity index (χ1) is 11.8. The highest BCUT2D eigenvalue weighted by molar-refractivity contribution is 5.41. The molecule has 0 unspecified atom stereocenters. The number of morpholine rings is 1. The number of quaternary nitrogens is 1. The molecule has 0 amide bonds. The molecule has 142 valence electrons. The van der Waals surface area contributed by atoms with Crippen LogP contribution >= 0.6 is 0 Å². The number of aryl methyl sites for hydroxylation is 1. The lowest BCUT2D eigenvalue weighted by atomic mass is 9.85. The normalized spacial score (nSPS) is 24.3. The minimum absolute atomic E-state index is 0.0787. The highest BCUT2D eigenvalue weighted by Gasteiger charge is 2.25. The highest BCUT2D eigenvalue weighted by Crippen LogP contribution is 2.32. The Labute approximate surface area is 153 Å². The van der Waals surface area contributed by atoms with Crippen molar-refractivity contribution in [2.24, 2.45) is 0 Å². The number of rotatable bonds is 7.